The first-order valence-electron chi connectivity index (χ1n) is 16.0. The molecule has 4 heteroatoms. The van der Waals surface area contributed by atoms with E-state index >= 15 is 0 Å². The van der Waals surface area contributed by atoms with E-state index in [1.165, 1.54) is 88.4 Å². The molecule has 2 aromatic heterocycles. The number of hydrogen-bond acceptors (Lipinski definition) is 1. The maximum Gasteiger partial charge on any atom is 0.333 e. The Morgan fingerprint density at radius 1 is 0.413 bits per heavy atom. The molecule has 0 amide bonds. The van der Waals surface area contributed by atoms with Gasteiger partial charge in [-0.3, -0.25) is 0 Å². The molecule has 7 aromatic carbocycles. The van der Waals surface area contributed by atoms with E-state index in [2.05, 4.69) is 172 Å². The number of nitrogens with zero attached hydrogens (tertiary/aromatic N) is 3. The molecule has 0 radical (unpaired) electrons. The number of anilines is 2. The van der Waals surface area contributed by atoms with E-state index in [0.29, 0.717) is 0 Å². The molecule has 2 aliphatic rings. The van der Waals surface area contributed by atoms with Crippen molar-refractivity contribution in [2.24, 2.45) is 0 Å². The Kier molecular flexibility index (Phi) is 4.66. The Balaban J connectivity index is 1.40. The van der Waals surface area contributed by atoms with Crippen LogP contribution < -0.4 is 15.7 Å². The SMILES string of the molecule is c1ccc(N2B3c4ccccc4-n4c5ccccc5c5c(-n6c7ccccc7c7ccccc76)cc(c3c54)-c3ccccc32)cc1. The molecule has 3 nitrogen and oxygen atoms in total. The Morgan fingerprint density at radius 2 is 0.978 bits per heavy atom. The van der Waals surface area contributed by atoms with Gasteiger partial charge in [-0.25, -0.2) is 0 Å². The summed E-state index contributed by atoms with van der Waals surface area (Å²) in [4.78, 5) is 2.57. The molecular weight excluding hydrogens is 557 g/mol. The minimum absolute atomic E-state index is 0.0232. The first kappa shape index (κ1) is 24.3. The summed E-state index contributed by atoms with van der Waals surface area (Å²) in [7, 11) is 0. The smallest absolute Gasteiger partial charge is 0.333 e. The van der Waals surface area contributed by atoms with E-state index in [0.717, 1.165) is 0 Å². The molecule has 46 heavy (non-hydrogen) atoms. The van der Waals surface area contributed by atoms with Crippen LogP contribution in [0.2, 0.25) is 0 Å². The van der Waals surface area contributed by atoms with Crippen molar-refractivity contribution in [1.82, 2.24) is 9.13 Å². The lowest BCUT2D eigenvalue weighted by Gasteiger charge is -2.42. The molecule has 0 saturated carbocycles. The molecule has 0 unspecified atom stereocenters. The Bertz CT molecular complexity index is 2660. The van der Waals surface area contributed by atoms with Gasteiger partial charge in [0.1, 0.15) is 0 Å². The average molecular weight is 584 g/mol. The number of benzene rings is 7. The third kappa shape index (κ3) is 2.94. The van der Waals surface area contributed by atoms with Crippen molar-refractivity contribution in [2.75, 3.05) is 4.81 Å². The topological polar surface area (TPSA) is 13.1 Å². The molecule has 0 atom stereocenters. The van der Waals surface area contributed by atoms with Crippen molar-refractivity contribution in [3.05, 3.63) is 158 Å². The van der Waals surface area contributed by atoms with Crippen LogP contribution in [-0.4, -0.2) is 16.0 Å². The van der Waals surface area contributed by atoms with Crippen LogP contribution in [0, 0.1) is 0 Å². The van der Waals surface area contributed by atoms with Gasteiger partial charge in [0.2, 0.25) is 0 Å². The molecule has 0 spiro atoms. The Hall–Kier alpha value is -6.00. The van der Waals surface area contributed by atoms with E-state index in [9.17, 15) is 0 Å². The summed E-state index contributed by atoms with van der Waals surface area (Å²) in [5.74, 6) is 0. The van der Waals surface area contributed by atoms with Gasteiger partial charge in [-0.15, -0.1) is 0 Å². The lowest BCUT2D eigenvalue weighted by atomic mass is 9.44. The van der Waals surface area contributed by atoms with E-state index in [4.69, 9.17) is 0 Å². The van der Waals surface area contributed by atoms with Gasteiger partial charge >= 0.3 is 6.85 Å². The summed E-state index contributed by atoms with van der Waals surface area (Å²) in [5.41, 5.74) is 15.2. The van der Waals surface area contributed by atoms with Gasteiger partial charge in [0.15, 0.2) is 0 Å². The zero-order valence-corrected chi connectivity index (χ0v) is 24.9. The third-order valence-corrected chi connectivity index (χ3v) is 10.3. The summed E-state index contributed by atoms with van der Waals surface area (Å²) in [5, 5.41) is 5.13. The normalized spacial score (nSPS) is 13.1. The first-order chi connectivity index (χ1) is 22.9. The molecular formula is C42H26BN3. The van der Waals surface area contributed by atoms with Crippen molar-refractivity contribution < 1.29 is 0 Å². The van der Waals surface area contributed by atoms with Crippen LogP contribution in [0.3, 0.4) is 0 Å². The summed E-state index contributed by atoms with van der Waals surface area (Å²) in [6, 6.07) is 58.1. The monoisotopic (exact) mass is 583 g/mol. The average Bonchev–Trinajstić information content (AvgIpc) is 3.65. The van der Waals surface area contributed by atoms with Crippen molar-refractivity contribution in [2.45, 2.75) is 0 Å². The fourth-order valence-corrected chi connectivity index (χ4v) is 8.55. The van der Waals surface area contributed by atoms with Gasteiger partial charge in [-0.2, -0.15) is 0 Å². The van der Waals surface area contributed by atoms with Crippen LogP contribution in [-0.2, 0) is 0 Å². The Morgan fingerprint density at radius 3 is 1.72 bits per heavy atom. The zero-order valence-electron chi connectivity index (χ0n) is 24.9. The molecule has 212 valence electrons. The van der Waals surface area contributed by atoms with Gasteiger partial charge in [0.25, 0.3) is 0 Å². The van der Waals surface area contributed by atoms with Gasteiger partial charge in [-0.1, -0.05) is 109 Å². The highest BCUT2D eigenvalue weighted by Gasteiger charge is 2.44. The van der Waals surface area contributed by atoms with Crippen LogP contribution in [0.5, 0.6) is 0 Å². The van der Waals surface area contributed by atoms with Gasteiger partial charge in [-0.05, 0) is 65.0 Å². The fraction of sp³-hybridized carbons (Fsp3) is 0. The van der Waals surface area contributed by atoms with E-state index < -0.39 is 0 Å². The molecule has 0 bridgehead atoms. The molecule has 11 rings (SSSR count). The fourth-order valence-electron chi connectivity index (χ4n) is 8.55. The van der Waals surface area contributed by atoms with Gasteiger partial charge in [0, 0.05) is 44.2 Å². The highest BCUT2D eigenvalue weighted by Crippen LogP contribution is 2.47. The molecule has 0 N–H and O–H groups in total. The van der Waals surface area contributed by atoms with Gasteiger partial charge in [0.05, 0.1) is 27.8 Å². The van der Waals surface area contributed by atoms with Crippen molar-refractivity contribution in [3.8, 4) is 22.5 Å². The van der Waals surface area contributed by atoms with Crippen molar-refractivity contribution in [3.63, 3.8) is 0 Å². The lowest BCUT2D eigenvalue weighted by molar-refractivity contribution is 1.17. The highest BCUT2D eigenvalue weighted by atomic mass is 15.1. The second-order valence-corrected chi connectivity index (χ2v) is 12.5. The van der Waals surface area contributed by atoms with Crippen LogP contribution in [0.15, 0.2) is 158 Å². The quantitative estimate of drug-likeness (QED) is 0.185. The third-order valence-electron chi connectivity index (χ3n) is 10.3. The number of para-hydroxylation sites is 6. The van der Waals surface area contributed by atoms with E-state index in [1.54, 1.807) is 0 Å². The molecule has 9 aromatic rings. The highest BCUT2D eigenvalue weighted by molar-refractivity contribution is 6.93. The number of rotatable bonds is 2. The van der Waals surface area contributed by atoms with Crippen LogP contribution >= 0.6 is 0 Å². The summed E-state index contributed by atoms with van der Waals surface area (Å²) < 4.78 is 5.06. The molecule has 0 saturated heterocycles. The maximum atomic E-state index is 2.57. The zero-order chi connectivity index (χ0) is 29.9. The predicted molar refractivity (Wildman–Crippen MR) is 194 cm³/mol. The van der Waals surface area contributed by atoms with Crippen LogP contribution in [0.25, 0.3) is 66.1 Å². The molecule has 2 aliphatic heterocycles. The molecule has 4 heterocycles. The standard InChI is InChI=1S/C42H26BN3/c1-2-14-27(15-3-1)46-37-24-12-6-18-30(37)32-26-39(44-34-21-9-4-16-28(34)29-17-5-10-22-35(29)44)40-31-19-7-11-23-36(31)45-38-25-13-8-20-33(38)43(46)41(32)42(40)45/h1-26H. The second kappa shape index (κ2) is 8.80. The van der Waals surface area contributed by atoms with Crippen molar-refractivity contribution >= 4 is 72.8 Å². The molecule has 0 aliphatic carbocycles. The lowest BCUT2D eigenvalue weighted by Crippen LogP contribution is -2.60. The maximum absolute atomic E-state index is 2.57. The summed E-state index contributed by atoms with van der Waals surface area (Å²) in [6.07, 6.45) is 0. The number of aromatic nitrogens is 2. The van der Waals surface area contributed by atoms with E-state index in [-0.39, 0.29) is 6.85 Å². The first-order valence-corrected chi connectivity index (χ1v) is 16.0. The van der Waals surface area contributed by atoms with E-state index in [1.807, 2.05) is 0 Å². The number of fused-ring (bicyclic) bond motifs is 11. The second-order valence-electron chi connectivity index (χ2n) is 12.5. The van der Waals surface area contributed by atoms with Crippen LogP contribution in [0.4, 0.5) is 11.4 Å². The number of hydrogen-bond donors (Lipinski definition) is 0. The predicted octanol–water partition coefficient (Wildman–Crippen LogP) is 9.12. The van der Waals surface area contributed by atoms with Crippen LogP contribution in [0.1, 0.15) is 0 Å². The van der Waals surface area contributed by atoms with Crippen molar-refractivity contribution in [1.29, 1.82) is 0 Å². The van der Waals surface area contributed by atoms with Gasteiger partial charge < -0.3 is 13.9 Å². The minimum Gasteiger partial charge on any atom is -0.376 e. The summed E-state index contributed by atoms with van der Waals surface area (Å²) in [6.45, 7) is 0.0232. The molecule has 0 fully saturated rings. The minimum atomic E-state index is 0.0232. The summed E-state index contributed by atoms with van der Waals surface area (Å²) >= 11 is 0. The largest absolute Gasteiger partial charge is 0.376 e. The Labute approximate surface area is 266 Å².